The van der Waals surface area contributed by atoms with Gasteiger partial charge in [-0.1, -0.05) is 0 Å². The Hall–Kier alpha value is -2.43. The van der Waals surface area contributed by atoms with Crippen LogP contribution in [0.4, 0.5) is 10.1 Å². The molecule has 2 N–H and O–H groups in total. The molecule has 0 saturated heterocycles. The van der Waals surface area contributed by atoms with Crippen LogP contribution in [0.15, 0.2) is 34.9 Å². The number of hydrogen-bond acceptors (Lipinski definition) is 4. The maximum atomic E-state index is 13.9. The van der Waals surface area contributed by atoms with Gasteiger partial charge in [-0.15, -0.1) is 0 Å². The molecule has 2 aromatic heterocycles. The molecule has 1 saturated carbocycles. The van der Waals surface area contributed by atoms with Gasteiger partial charge >= 0.3 is 0 Å². The van der Waals surface area contributed by atoms with Crippen LogP contribution in [0.3, 0.4) is 0 Å². The Kier molecular flexibility index (Phi) is 2.30. The van der Waals surface area contributed by atoms with E-state index in [0.29, 0.717) is 22.9 Å². The lowest BCUT2D eigenvalue weighted by Gasteiger charge is -1.98. The van der Waals surface area contributed by atoms with E-state index in [1.807, 2.05) is 6.07 Å². The van der Waals surface area contributed by atoms with Crippen molar-refractivity contribution in [3.63, 3.8) is 0 Å². The standard InChI is InChI=1S/C15H12FN3O/c16-12-7-9(17)3-4-11(12)14-19-13-10(8-1-2-8)5-6-18-15(13)20-14/h3-8H,1-2,17H2. The third kappa shape index (κ3) is 1.74. The lowest BCUT2D eigenvalue weighted by atomic mass is 10.1. The molecule has 1 aliphatic rings. The van der Waals surface area contributed by atoms with Crippen LogP contribution in [0.2, 0.25) is 0 Å². The van der Waals surface area contributed by atoms with Crippen LogP contribution in [0.25, 0.3) is 22.7 Å². The van der Waals surface area contributed by atoms with Crippen molar-refractivity contribution in [2.75, 3.05) is 5.73 Å². The first-order valence-corrected chi connectivity index (χ1v) is 6.53. The second kappa shape index (κ2) is 4.03. The van der Waals surface area contributed by atoms with Crippen molar-refractivity contribution in [1.82, 2.24) is 9.97 Å². The van der Waals surface area contributed by atoms with Gasteiger partial charge < -0.3 is 10.2 Å². The fourth-order valence-corrected chi connectivity index (χ4v) is 2.40. The maximum Gasteiger partial charge on any atom is 0.247 e. The molecular weight excluding hydrogens is 257 g/mol. The smallest absolute Gasteiger partial charge is 0.247 e. The minimum Gasteiger partial charge on any atom is -0.418 e. The number of pyridine rings is 1. The lowest BCUT2D eigenvalue weighted by molar-refractivity contribution is 0.587. The molecule has 0 unspecified atom stereocenters. The number of oxazole rings is 1. The summed E-state index contributed by atoms with van der Waals surface area (Å²) in [4.78, 5) is 8.59. The summed E-state index contributed by atoms with van der Waals surface area (Å²) in [6.45, 7) is 0. The molecule has 0 aliphatic heterocycles. The number of anilines is 1. The Morgan fingerprint density at radius 1 is 1.25 bits per heavy atom. The second-order valence-corrected chi connectivity index (χ2v) is 5.09. The number of fused-ring (bicyclic) bond motifs is 1. The second-order valence-electron chi connectivity index (χ2n) is 5.09. The third-order valence-electron chi connectivity index (χ3n) is 3.57. The summed E-state index contributed by atoms with van der Waals surface area (Å²) < 4.78 is 19.5. The molecule has 0 atom stereocenters. The van der Waals surface area contributed by atoms with Crippen molar-refractivity contribution in [3.05, 3.63) is 41.8 Å². The van der Waals surface area contributed by atoms with Gasteiger partial charge in [-0.2, -0.15) is 0 Å². The topological polar surface area (TPSA) is 64.9 Å². The number of rotatable bonds is 2. The van der Waals surface area contributed by atoms with E-state index in [4.69, 9.17) is 10.2 Å². The van der Waals surface area contributed by atoms with Gasteiger partial charge in [0.2, 0.25) is 11.6 Å². The molecule has 1 fully saturated rings. The molecule has 2 heterocycles. The molecule has 0 bridgehead atoms. The fraction of sp³-hybridized carbons (Fsp3) is 0.200. The molecule has 0 radical (unpaired) electrons. The highest BCUT2D eigenvalue weighted by Crippen LogP contribution is 2.43. The lowest BCUT2D eigenvalue weighted by Crippen LogP contribution is -1.89. The fourth-order valence-electron chi connectivity index (χ4n) is 2.40. The van der Waals surface area contributed by atoms with Crippen LogP contribution in [0, 0.1) is 5.82 Å². The monoisotopic (exact) mass is 269 g/mol. The highest BCUT2D eigenvalue weighted by atomic mass is 19.1. The zero-order valence-corrected chi connectivity index (χ0v) is 10.6. The van der Waals surface area contributed by atoms with E-state index in [0.717, 1.165) is 23.9 Å². The van der Waals surface area contributed by atoms with Crippen LogP contribution in [-0.2, 0) is 0 Å². The Balaban J connectivity index is 1.90. The van der Waals surface area contributed by atoms with E-state index in [1.54, 1.807) is 18.3 Å². The van der Waals surface area contributed by atoms with Crippen molar-refractivity contribution in [1.29, 1.82) is 0 Å². The summed E-state index contributed by atoms with van der Waals surface area (Å²) in [7, 11) is 0. The van der Waals surface area contributed by atoms with Crippen molar-refractivity contribution >= 4 is 16.9 Å². The Labute approximate surface area is 114 Å². The first-order valence-electron chi connectivity index (χ1n) is 6.53. The molecule has 1 aromatic carbocycles. The Morgan fingerprint density at radius 2 is 2.10 bits per heavy atom. The van der Waals surface area contributed by atoms with Gasteiger partial charge in [0.25, 0.3) is 0 Å². The van der Waals surface area contributed by atoms with E-state index in [2.05, 4.69) is 9.97 Å². The Morgan fingerprint density at radius 3 is 2.85 bits per heavy atom. The number of halogens is 1. The third-order valence-corrected chi connectivity index (χ3v) is 3.57. The minimum atomic E-state index is -0.440. The zero-order valence-electron chi connectivity index (χ0n) is 10.6. The molecule has 3 aromatic rings. The van der Waals surface area contributed by atoms with Gasteiger partial charge in [-0.05, 0) is 48.6 Å². The van der Waals surface area contributed by atoms with Crippen LogP contribution in [0.5, 0.6) is 0 Å². The van der Waals surface area contributed by atoms with Crippen LogP contribution in [0.1, 0.15) is 24.3 Å². The predicted octanol–water partition coefficient (Wildman–Crippen LogP) is 3.49. The number of hydrogen-bond donors (Lipinski definition) is 1. The highest BCUT2D eigenvalue weighted by molar-refractivity contribution is 5.77. The SMILES string of the molecule is Nc1ccc(-c2nc3c(C4CC4)ccnc3o2)c(F)c1. The van der Waals surface area contributed by atoms with Crippen LogP contribution < -0.4 is 5.73 Å². The molecule has 5 heteroatoms. The highest BCUT2D eigenvalue weighted by Gasteiger charge is 2.27. The molecule has 1 aliphatic carbocycles. The largest absolute Gasteiger partial charge is 0.418 e. The molecule has 100 valence electrons. The number of nitrogens with two attached hydrogens (primary N) is 1. The quantitative estimate of drug-likeness (QED) is 0.723. The Bertz CT molecular complexity index is 808. The predicted molar refractivity (Wildman–Crippen MR) is 73.6 cm³/mol. The summed E-state index contributed by atoms with van der Waals surface area (Å²) in [6.07, 6.45) is 4.04. The van der Waals surface area contributed by atoms with E-state index in [9.17, 15) is 4.39 Å². The normalized spacial score (nSPS) is 14.8. The van der Waals surface area contributed by atoms with Gasteiger partial charge in [0, 0.05) is 11.9 Å². The van der Waals surface area contributed by atoms with Gasteiger partial charge in [0.05, 0.1) is 5.56 Å². The minimum absolute atomic E-state index is 0.248. The molecule has 20 heavy (non-hydrogen) atoms. The van der Waals surface area contributed by atoms with Crippen LogP contribution >= 0.6 is 0 Å². The van der Waals surface area contributed by atoms with E-state index in [-0.39, 0.29) is 5.89 Å². The summed E-state index contributed by atoms with van der Waals surface area (Å²) >= 11 is 0. The average Bonchev–Trinajstić information content (AvgIpc) is 3.17. The first kappa shape index (κ1) is 11.4. The zero-order chi connectivity index (χ0) is 13.7. The molecule has 0 amide bonds. The van der Waals surface area contributed by atoms with Gasteiger partial charge in [0.15, 0.2) is 0 Å². The average molecular weight is 269 g/mol. The van der Waals surface area contributed by atoms with Gasteiger partial charge in [-0.3, -0.25) is 0 Å². The van der Waals surface area contributed by atoms with E-state index >= 15 is 0 Å². The summed E-state index contributed by atoms with van der Waals surface area (Å²) in [5, 5.41) is 0. The van der Waals surface area contributed by atoms with E-state index in [1.165, 1.54) is 6.07 Å². The number of nitrogens with zero attached hydrogens (tertiary/aromatic N) is 2. The maximum absolute atomic E-state index is 13.9. The molecular formula is C15H12FN3O. The number of nitrogen functional groups attached to an aromatic ring is 1. The van der Waals surface area contributed by atoms with E-state index < -0.39 is 5.82 Å². The first-order chi connectivity index (χ1) is 9.72. The number of benzene rings is 1. The summed E-state index contributed by atoms with van der Waals surface area (Å²) in [6, 6.07) is 6.43. The van der Waals surface area contributed by atoms with Gasteiger partial charge in [-0.25, -0.2) is 14.4 Å². The van der Waals surface area contributed by atoms with Crippen molar-refractivity contribution < 1.29 is 8.81 Å². The summed E-state index contributed by atoms with van der Waals surface area (Å²) in [5.74, 6) is 0.345. The van der Waals surface area contributed by atoms with Crippen molar-refractivity contribution in [2.45, 2.75) is 18.8 Å². The summed E-state index contributed by atoms with van der Waals surface area (Å²) in [5.41, 5.74) is 8.56. The van der Waals surface area contributed by atoms with Crippen molar-refractivity contribution in [2.24, 2.45) is 0 Å². The van der Waals surface area contributed by atoms with Crippen LogP contribution in [-0.4, -0.2) is 9.97 Å². The molecule has 4 rings (SSSR count). The molecule has 0 spiro atoms. The van der Waals surface area contributed by atoms with Crippen molar-refractivity contribution in [3.8, 4) is 11.5 Å². The number of aromatic nitrogens is 2. The van der Waals surface area contributed by atoms with Gasteiger partial charge in [0.1, 0.15) is 11.3 Å². The molecule has 4 nitrogen and oxygen atoms in total.